The van der Waals surface area contributed by atoms with Crippen molar-refractivity contribution in [3.05, 3.63) is 89.3 Å². The summed E-state index contributed by atoms with van der Waals surface area (Å²) in [6.07, 6.45) is 1.58. The van der Waals surface area contributed by atoms with Crippen LogP contribution in [0.25, 0.3) is 6.08 Å². The molecule has 0 atom stereocenters. The molecule has 1 saturated heterocycles. The molecule has 1 aliphatic rings. The fourth-order valence-electron chi connectivity index (χ4n) is 3.16. The van der Waals surface area contributed by atoms with Gasteiger partial charge in [0, 0.05) is 6.08 Å². The van der Waals surface area contributed by atoms with Gasteiger partial charge in [-0.2, -0.15) is 0 Å². The van der Waals surface area contributed by atoms with Crippen LogP contribution in [0.1, 0.15) is 36.8 Å². The molecule has 158 valence electrons. The highest BCUT2D eigenvalue weighted by Crippen LogP contribution is 2.24. The van der Waals surface area contributed by atoms with Crippen molar-refractivity contribution in [2.45, 2.75) is 26.4 Å². The molecule has 5 nitrogen and oxygen atoms in total. The maximum absolute atomic E-state index is 13.2. The summed E-state index contributed by atoms with van der Waals surface area (Å²) in [5.41, 5.74) is 2.02. The zero-order valence-electron chi connectivity index (χ0n) is 17.1. The number of furan rings is 1. The summed E-state index contributed by atoms with van der Waals surface area (Å²) in [6, 6.07) is 17.1. The van der Waals surface area contributed by atoms with E-state index in [1.807, 2.05) is 24.3 Å². The lowest BCUT2D eigenvalue weighted by atomic mass is 10.0. The van der Waals surface area contributed by atoms with Crippen molar-refractivity contribution in [1.29, 1.82) is 0 Å². The average molecular weight is 437 g/mol. The van der Waals surface area contributed by atoms with E-state index >= 15 is 0 Å². The van der Waals surface area contributed by atoms with Crippen molar-refractivity contribution >= 4 is 35.0 Å². The largest absolute Gasteiger partial charge is 0.486 e. The fraction of sp³-hybridized carbons (Fsp3) is 0.167. The highest BCUT2D eigenvalue weighted by Gasteiger charge is 2.32. The summed E-state index contributed by atoms with van der Waals surface area (Å²) >= 11 is 5.26. The molecule has 0 radical (unpaired) electrons. The quantitative estimate of drug-likeness (QED) is 0.415. The van der Waals surface area contributed by atoms with Gasteiger partial charge in [0.1, 0.15) is 35.4 Å². The monoisotopic (exact) mass is 436 g/mol. The van der Waals surface area contributed by atoms with Crippen molar-refractivity contribution in [3.63, 3.8) is 0 Å². The molecule has 2 aromatic carbocycles. The number of anilines is 1. The molecule has 4 rings (SSSR count). The molecule has 3 aromatic rings. The van der Waals surface area contributed by atoms with E-state index in [9.17, 15) is 9.18 Å². The Balaban J connectivity index is 1.42. The Bertz CT molecular complexity index is 1130. The van der Waals surface area contributed by atoms with Crippen LogP contribution in [-0.2, 0) is 11.4 Å². The van der Waals surface area contributed by atoms with Crippen LogP contribution >= 0.6 is 12.2 Å². The van der Waals surface area contributed by atoms with Crippen LogP contribution in [0.4, 0.5) is 10.1 Å². The molecule has 0 saturated carbocycles. The number of hydrogen-bond acceptors (Lipinski definition) is 4. The lowest BCUT2D eigenvalue weighted by molar-refractivity contribution is -0.113. The van der Waals surface area contributed by atoms with Crippen LogP contribution in [-0.4, -0.2) is 11.0 Å². The molecule has 0 bridgehead atoms. The maximum atomic E-state index is 13.2. The molecule has 1 aliphatic heterocycles. The van der Waals surface area contributed by atoms with Crippen molar-refractivity contribution < 1.29 is 18.3 Å². The molecule has 7 heteroatoms. The second-order valence-electron chi connectivity index (χ2n) is 7.42. The summed E-state index contributed by atoms with van der Waals surface area (Å²) in [5, 5.41) is 3.11. The smallest absolute Gasteiger partial charge is 0.281 e. The standard InChI is InChI=1S/C24H21FN2O3S/c1-15(2)16-3-9-19(10-4-16)29-14-21-12-11-20(30-21)13-22-23(28)27(24(31)26-22)18-7-5-17(25)6-8-18/h3-13,15H,14H2,1-2H3,(H,26,31)/b22-13+. The van der Waals surface area contributed by atoms with Crippen LogP contribution in [0.3, 0.4) is 0 Å². The van der Waals surface area contributed by atoms with Crippen LogP contribution < -0.4 is 15.0 Å². The summed E-state index contributed by atoms with van der Waals surface area (Å²) in [4.78, 5) is 14.1. The Morgan fingerprint density at radius 3 is 2.48 bits per heavy atom. The lowest BCUT2D eigenvalue weighted by Crippen LogP contribution is -2.30. The molecular formula is C24H21FN2O3S. The Morgan fingerprint density at radius 1 is 1.10 bits per heavy atom. The lowest BCUT2D eigenvalue weighted by Gasteiger charge is -2.13. The number of rotatable bonds is 6. The van der Waals surface area contributed by atoms with Crippen LogP contribution in [0.15, 0.2) is 70.8 Å². The topological polar surface area (TPSA) is 54.7 Å². The van der Waals surface area contributed by atoms with Crippen LogP contribution in [0.5, 0.6) is 5.75 Å². The second-order valence-corrected chi connectivity index (χ2v) is 7.81. The van der Waals surface area contributed by atoms with E-state index in [1.54, 1.807) is 18.2 Å². The summed E-state index contributed by atoms with van der Waals surface area (Å²) in [5.74, 6) is 1.63. The van der Waals surface area contributed by atoms with Gasteiger partial charge in [-0.25, -0.2) is 4.39 Å². The van der Waals surface area contributed by atoms with Crippen molar-refractivity contribution in [1.82, 2.24) is 5.32 Å². The Hall–Kier alpha value is -3.45. The number of carbonyl (C=O) groups is 1. The van der Waals surface area contributed by atoms with Gasteiger partial charge in [-0.05, 0) is 72.2 Å². The van der Waals surface area contributed by atoms with E-state index in [1.165, 1.54) is 34.7 Å². The number of ether oxygens (including phenoxy) is 1. The molecule has 1 fully saturated rings. The maximum Gasteiger partial charge on any atom is 0.281 e. The van der Waals surface area contributed by atoms with Crippen molar-refractivity contribution in [2.24, 2.45) is 0 Å². The first-order valence-electron chi connectivity index (χ1n) is 9.85. The third kappa shape index (κ3) is 4.67. The predicted molar refractivity (Wildman–Crippen MR) is 121 cm³/mol. The number of thiocarbonyl (C=S) groups is 1. The summed E-state index contributed by atoms with van der Waals surface area (Å²) < 4.78 is 24.7. The normalized spacial score (nSPS) is 15.1. The number of hydrogen-bond donors (Lipinski definition) is 1. The number of halogens is 1. The zero-order valence-corrected chi connectivity index (χ0v) is 17.9. The first-order chi connectivity index (χ1) is 14.9. The van der Waals surface area contributed by atoms with Gasteiger partial charge in [0.2, 0.25) is 0 Å². The van der Waals surface area contributed by atoms with Gasteiger partial charge in [0.15, 0.2) is 5.11 Å². The molecule has 2 heterocycles. The third-order valence-electron chi connectivity index (χ3n) is 4.86. The molecule has 0 aliphatic carbocycles. The van der Waals surface area contributed by atoms with Crippen LogP contribution in [0.2, 0.25) is 0 Å². The van der Waals surface area contributed by atoms with Crippen molar-refractivity contribution in [2.75, 3.05) is 4.90 Å². The molecular weight excluding hydrogens is 415 g/mol. The van der Waals surface area contributed by atoms with E-state index in [2.05, 4.69) is 19.2 Å². The zero-order chi connectivity index (χ0) is 22.0. The number of amides is 1. The molecule has 0 unspecified atom stereocenters. The van der Waals surface area contributed by atoms with Crippen molar-refractivity contribution in [3.8, 4) is 5.75 Å². The molecule has 1 N–H and O–H groups in total. The van der Waals surface area contributed by atoms with Gasteiger partial charge >= 0.3 is 0 Å². The minimum atomic E-state index is -0.383. The number of carbonyl (C=O) groups excluding carboxylic acids is 1. The Morgan fingerprint density at radius 2 is 1.81 bits per heavy atom. The van der Waals surface area contributed by atoms with E-state index in [0.717, 1.165) is 5.75 Å². The van der Waals surface area contributed by atoms with Gasteiger partial charge in [-0.15, -0.1) is 0 Å². The van der Waals surface area contributed by atoms with Crippen LogP contribution in [0, 0.1) is 5.82 Å². The van der Waals surface area contributed by atoms with Gasteiger partial charge in [0.25, 0.3) is 5.91 Å². The van der Waals surface area contributed by atoms with Gasteiger partial charge < -0.3 is 14.5 Å². The summed E-state index contributed by atoms with van der Waals surface area (Å²) in [6.45, 7) is 4.56. The molecule has 31 heavy (non-hydrogen) atoms. The SMILES string of the molecule is CC(C)c1ccc(OCc2ccc(/C=C3/NC(=S)N(c4ccc(F)cc4)C3=O)o2)cc1. The summed E-state index contributed by atoms with van der Waals surface area (Å²) in [7, 11) is 0. The molecule has 1 amide bonds. The minimum absolute atomic E-state index is 0.225. The second kappa shape index (κ2) is 8.73. The van der Waals surface area contributed by atoms with Gasteiger partial charge in [-0.3, -0.25) is 9.69 Å². The Labute approximate surface area is 185 Å². The highest BCUT2D eigenvalue weighted by molar-refractivity contribution is 7.80. The number of benzene rings is 2. The third-order valence-corrected chi connectivity index (χ3v) is 5.14. The molecule has 1 aromatic heterocycles. The minimum Gasteiger partial charge on any atom is -0.486 e. The first kappa shape index (κ1) is 20.8. The van der Waals surface area contributed by atoms with E-state index in [-0.39, 0.29) is 29.1 Å². The Kier molecular flexibility index (Phi) is 5.86. The fourth-order valence-corrected chi connectivity index (χ4v) is 3.45. The predicted octanol–water partition coefficient (Wildman–Crippen LogP) is 5.38. The number of nitrogens with zero attached hydrogens (tertiary/aromatic N) is 1. The first-order valence-corrected chi connectivity index (χ1v) is 10.3. The van der Waals surface area contributed by atoms with E-state index < -0.39 is 0 Å². The van der Waals surface area contributed by atoms with Gasteiger partial charge in [0.05, 0.1) is 5.69 Å². The van der Waals surface area contributed by atoms with E-state index in [0.29, 0.717) is 23.1 Å². The number of nitrogens with one attached hydrogen (secondary N) is 1. The van der Waals surface area contributed by atoms with Gasteiger partial charge in [-0.1, -0.05) is 26.0 Å². The molecule has 0 spiro atoms. The average Bonchev–Trinajstić information content (AvgIpc) is 3.31. The highest BCUT2D eigenvalue weighted by atomic mass is 32.1. The van der Waals surface area contributed by atoms with E-state index in [4.69, 9.17) is 21.4 Å².